The molecule has 0 fully saturated rings. The SMILES string of the molecule is Cc1ccc(C)c2c1C1=NC2=Nc2c3c(C)ccc(C)c3c3n2C(C)(C)n2c(c4c(C)ccc(C)c4c2=NC2=NC(=N3)c3c(C)ccc(C)c32)=N1. The number of hydrogen-bond acceptors (Lipinski definition) is 6. The minimum atomic E-state index is -0.798. The summed E-state index contributed by atoms with van der Waals surface area (Å²) >= 11 is 0. The maximum Gasteiger partial charge on any atom is 0.165 e. The number of benzene rings is 4. The number of amidine groups is 4. The Balaban J connectivity index is 1.57. The smallest absolute Gasteiger partial charge is 0.165 e. The Kier molecular flexibility index (Phi) is 5.74. The lowest BCUT2D eigenvalue weighted by Gasteiger charge is -2.32. The van der Waals surface area contributed by atoms with Gasteiger partial charge in [0.1, 0.15) is 28.3 Å². The third kappa shape index (κ3) is 3.69. The monoisotopic (exact) mass is 666 g/mol. The number of hydrogen-bond donors (Lipinski definition) is 0. The van der Waals surface area contributed by atoms with E-state index in [0.717, 1.165) is 111 Å². The van der Waals surface area contributed by atoms with Crippen molar-refractivity contribution in [3.8, 4) is 0 Å². The van der Waals surface area contributed by atoms with Crippen LogP contribution in [0, 0.1) is 55.4 Å². The van der Waals surface area contributed by atoms with Crippen molar-refractivity contribution < 1.29 is 0 Å². The second kappa shape index (κ2) is 9.72. The summed E-state index contributed by atoms with van der Waals surface area (Å²) in [7, 11) is 0. The van der Waals surface area contributed by atoms with E-state index in [4.69, 9.17) is 30.0 Å². The zero-order valence-corrected chi connectivity index (χ0v) is 30.7. The van der Waals surface area contributed by atoms with Gasteiger partial charge < -0.3 is 0 Å². The lowest BCUT2D eigenvalue weighted by molar-refractivity contribution is 0.283. The molecular weight excluding hydrogens is 629 g/mol. The molecular formula is C43H38N8. The van der Waals surface area contributed by atoms with Gasteiger partial charge in [0.2, 0.25) is 0 Å². The van der Waals surface area contributed by atoms with Crippen LogP contribution >= 0.6 is 0 Å². The number of aliphatic imine (C=N–C) groups is 4. The van der Waals surface area contributed by atoms with Crippen LogP contribution in [0.2, 0.25) is 0 Å². The van der Waals surface area contributed by atoms with Crippen molar-refractivity contribution in [2.45, 2.75) is 74.9 Å². The summed E-state index contributed by atoms with van der Waals surface area (Å²) in [6.07, 6.45) is 0. The van der Waals surface area contributed by atoms with Gasteiger partial charge in [0.25, 0.3) is 0 Å². The first kappa shape index (κ1) is 30.1. The van der Waals surface area contributed by atoms with Crippen LogP contribution in [0.3, 0.4) is 0 Å². The second-order valence-electron chi connectivity index (χ2n) is 15.2. The number of aryl methyl sites for hydroxylation is 8. The normalized spacial score (nSPS) is 16.2. The summed E-state index contributed by atoms with van der Waals surface area (Å²) in [5.74, 6) is 4.33. The van der Waals surface area contributed by atoms with Crippen LogP contribution in [0.4, 0.5) is 11.6 Å². The van der Waals surface area contributed by atoms with Gasteiger partial charge >= 0.3 is 0 Å². The highest BCUT2D eigenvalue weighted by molar-refractivity contribution is 6.26. The van der Waals surface area contributed by atoms with Gasteiger partial charge in [-0.1, -0.05) is 48.5 Å². The average molecular weight is 667 g/mol. The topological polar surface area (TPSA) is 84.0 Å². The van der Waals surface area contributed by atoms with E-state index < -0.39 is 5.66 Å². The highest BCUT2D eigenvalue weighted by atomic mass is 15.4. The molecule has 0 N–H and O–H groups in total. The van der Waals surface area contributed by atoms with Crippen LogP contribution < -0.4 is 11.0 Å². The Morgan fingerprint density at radius 2 is 0.647 bits per heavy atom. The first-order valence-corrected chi connectivity index (χ1v) is 17.7. The van der Waals surface area contributed by atoms with E-state index in [1.165, 1.54) is 0 Å². The first-order chi connectivity index (χ1) is 24.4. The molecule has 6 heterocycles. The van der Waals surface area contributed by atoms with E-state index in [1.54, 1.807) is 0 Å². The standard InChI is InChI=1S/C43H38N8/c1-19-11-12-20(2)28-27(19)35-44-36(28)47-40-33-25(7)17-18-26(8)34(33)42-49-38-30-22(4)14-13-21(3)29(30)37(45-38)48-41-32-24(6)16-15-23(5)31(32)39(46-35)50(41)43(9,10)51(40)42/h11-18H,1-10H3. The van der Waals surface area contributed by atoms with Gasteiger partial charge in [0.15, 0.2) is 23.3 Å². The number of nitrogens with zero attached hydrogens (tertiary/aromatic N) is 8. The van der Waals surface area contributed by atoms with E-state index in [9.17, 15) is 0 Å². The molecule has 0 aliphatic carbocycles. The molecule has 4 aliphatic rings. The van der Waals surface area contributed by atoms with Crippen molar-refractivity contribution in [3.05, 3.63) is 126 Å². The number of fused-ring (bicyclic) bond motifs is 14. The molecule has 0 saturated heterocycles. The molecule has 8 heteroatoms. The van der Waals surface area contributed by atoms with Crippen molar-refractivity contribution >= 4 is 56.5 Å². The zero-order valence-electron chi connectivity index (χ0n) is 30.7. The van der Waals surface area contributed by atoms with Gasteiger partial charge in [0.05, 0.1) is 0 Å². The summed E-state index contributed by atoms with van der Waals surface area (Å²) in [6.45, 7) is 21.7. The van der Waals surface area contributed by atoms with Crippen molar-refractivity contribution in [3.63, 3.8) is 0 Å². The molecule has 6 aromatic rings. The van der Waals surface area contributed by atoms with Crippen molar-refractivity contribution in [2.75, 3.05) is 0 Å². The highest BCUT2D eigenvalue weighted by Crippen LogP contribution is 2.47. The lowest BCUT2D eigenvalue weighted by atomic mass is 9.97. The Labute approximate surface area is 296 Å². The fourth-order valence-corrected chi connectivity index (χ4v) is 8.91. The minimum Gasteiger partial charge on any atom is -0.286 e. The molecule has 8 nitrogen and oxygen atoms in total. The predicted molar refractivity (Wildman–Crippen MR) is 207 cm³/mol. The van der Waals surface area contributed by atoms with Gasteiger partial charge in [-0.05, 0) is 114 Å². The molecule has 0 spiro atoms. The van der Waals surface area contributed by atoms with Gasteiger partial charge in [0, 0.05) is 43.8 Å². The van der Waals surface area contributed by atoms with Crippen LogP contribution in [0.15, 0.2) is 78.5 Å². The van der Waals surface area contributed by atoms with E-state index in [-0.39, 0.29) is 0 Å². The average Bonchev–Trinajstić information content (AvgIpc) is 3.81. The quantitative estimate of drug-likeness (QED) is 0.156. The molecule has 4 aromatic carbocycles. The molecule has 51 heavy (non-hydrogen) atoms. The van der Waals surface area contributed by atoms with Crippen LogP contribution in [0.25, 0.3) is 21.5 Å². The number of rotatable bonds is 0. The summed E-state index contributed by atoms with van der Waals surface area (Å²) in [6, 6.07) is 17.4. The van der Waals surface area contributed by atoms with E-state index in [1.807, 2.05) is 0 Å². The highest BCUT2D eigenvalue weighted by Gasteiger charge is 2.39. The van der Waals surface area contributed by atoms with E-state index in [2.05, 4.69) is 127 Å². The van der Waals surface area contributed by atoms with Crippen LogP contribution in [0.1, 0.15) is 80.6 Å². The summed E-state index contributed by atoms with van der Waals surface area (Å²) in [4.78, 5) is 32.9. The maximum atomic E-state index is 5.59. The van der Waals surface area contributed by atoms with E-state index in [0.29, 0.717) is 23.3 Å². The fraction of sp³-hybridized carbons (Fsp3) is 0.256. The largest absolute Gasteiger partial charge is 0.286 e. The van der Waals surface area contributed by atoms with Crippen molar-refractivity contribution in [1.82, 2.24) is 9.13 Å². The molecule has 2 aromatic heterocycles. The molecule has 4 aliphatic heterocycles. The third-order valence-corrected chi connectivity index (χ3v) is 11.5. The summed E-state index contributed by atoms with van der Waals surface area (Å²) < 4.78 is 4.62. The van der Waals surface area contributed by atoms with Crippen LogP contribution in [-0.4, -0.2) is 32.5 Å². The zero-order chi connectivity index (χ0) is 35.4. The first-order valence-electron chi connectivity index (χ1n) is 17.7. The van der Waals surface area contributed by atoms with Gasteiger partial charge in [-0.2, -0.15) is 0 Å². The van der Waals surface area contributed by atoms with Gasteiger partial charge in [-0.15, -0.1) is 0 Å². The Morgan fingerprint density at radius 1 is 0.353 bits per heavy atom. The molecule has 6 bridgehead atoms. The van der Waals surface area contributed by atoms with Crippen molar-refractivity contribution in [1.29, 1.82) is 0 Å². The Morgan fingerprint density at radius 3 is 1.00 bits per heavy atom. The molecule has 250 valence electrons. The molecule has 10 rings (SSSR count). The van der Waals surface area contributed by atoms with E-state index >= 15 is 0 Å². The summed E-state index contributed by atoms with van der Waals surface area (Å²) in [5, 5.41) is 4.26. The molecule has 0 radical (unpaired) electrons. The second-order valence-corrected chi connectivity index (χ2v) is 15.2. The van der Waals surface area contributed by atoms with Crippen molar-refractivity contribution in [2.24, 2.45) is 30.0 Å². The molecule has 0 atom stereocenters. The number of aromatic nitrogens is 2. The molecule has 0 saturated carbocycles. The predicted octanol–water partition coefficient (Wildman–Crippen LogP) is 8.25. The Bertz CT molecular complexity index is 2770. The third-order valence-electron chi connectivity index (χ3n) is 11.5. The van der Waals surface area contributed by atoms with Crippen LogP contribution in [0.5, 0.6) is 0 Å². The lowest BCUT2D eigenvalue weighted by Crippen LogP contribution is -2.47. The molecule has 0 unspecified atom stereocenters. The minimum absolute atomic E-state index is 0.675. The Hall–Kier alpha value is -5.76. The van der Waals surface area contributed by atoms with Crippen LogP contribution in [-0.2, 0) is 5.66 Å². The van der Waals surface area contributed by atoms with Gasteiger partial charge in [-0.25, -0.2) is 30.0 Å². The maximum absolute atomic E-state index is 5.59. The van der Waals surface area contributed by atoms with Gasteiger partial charge in [-0.3, -0.25) is 9.13 Å². The molecule has 0 amide bonds. The summed E-state index contributed by atoms with van der Waals surface area (Å²) in [5.41, 5.74) is 13.9. The fourth-order valence-electron chi connectivity index (χ4n) is 8.91.